The summed E-state index contributed by atoms with van der Waals surface area (Å²) in [4.78, 5) is 14.3. The first-order valence-corrected chi connectivity index (χ1v) is 6.66. The Balaban J connectivity index is 2.00. The van der Waals surface area contributed by atoms with Crippen molar-refractivity contribution in [3.63, 3.8) is 0 Å². The van der Waals surface area contributed by atoms with Crippen molar-refractivity contribution in [1.29, 1.82) is 0 Å². The van der Waals surface area contributed by atoms with E-state index in [1.165, 1.54) is 12.8 Å². The van der Waals surface area contributed by atoms with Crippen molar-refractivity contribution in [2.45, 2.75) is 44.6 Å². The molecule has 1 aliphatic carbocycles. The summed E-state index contributed by atoms with van der Waals surface area (Å²) in [6, 6.07) is 0.434. The molecular formula is C13H20ClNO. The Morgan fingerprint density at radius 2 is 2.19 bits per heavy atom. The van der Waals surface area contributed by atoms with E-state index in [1.54, 1.807) is 0 Å². The summed E-state index contributed by atoms with van der Waals surface area (Å²) in [5.41, 5.74) is 0. The second-order valence-corrected chi connectivity index (χ2v) is 5.55. The second kappa shape index (κ2) is 5.33. The fraction of sp³-hybridized carbons (Fsp3) is 0.769. The number of halogens is 1. The fourth-order valence-electron chi connectivity index (χ4n) is 3.14. The van der Waals surface area contributed by atoms with E-state index in [0.717, 1.165) is 38.8 Å². The van der Waals surface area contributed by atoms with Crippen LogP contribution in [0.25, 0.3) is 0 Å². The maximum Gasteiger partial charge on any atom is 0.137 e. The third kappa shape index (κ3) is 2.67. The number of ketones is 1. The minimum absolute atomic E-state index is 0.271. The highest BCUT2D eigenvalue weighted by atomic mass is 35.5. The van der Waals surface area contributed by atoms with Crippen molar-refractivity contribution in [2.24, 2.45) is 5.92 Å². The fourth-order valence-corrected chi connectivity index (χ4v) is 3.29. The molecule has 1 aliphatic heterocycles. The van der Waals surface area contributed by atoms with Crippen LogP contribution in [0.1, 0.15) is 38.5 Å². The Hall–Kier alpha value is -0.340. The van der Waals surface area contributed by atoms with Gasteiger partial charge >= 0.3 is 0 Å². The maximum atomic E-state index is 11.9. The van der Waals surface area contributed by atoms with Crippen LogP contribution in [0.4, 0.5) is 0 Å². The molecule has 1 saturated heterocycles. The zero-order valence-corrected chi connectivity index (χ0v) is 10.5. The average Bonchev–Trinajstić information content (AvgIpc) is 2.66. The van der Waals surface area contributed by atoms with Crippen molar-refractivity contribution in [2.75, 3.05) is 13.1 Å². The molecule has 0 N–H and O–H groups in total. The van der Waals surface area contributed by atoms with Crippen LogP contribution < -0.4 is 0 Å². The number of Topliss-reactive ketones (excluding diaryl/α,β-unsaturated/α-hetero) is 1. The number of hydrogen-bond acceptors (Lipinski definition) is 2. The van der Waals surface area contributed by atoms with Crippen LogP contribution in [0.15, 0.2) is 11.6 Å². The number of hydrogen-bond donors (Lipinski definition) is 0. The summed E-state index contributed by atoms with van der Waals surface area (Å²) in [7, 11) is 0. The van der Waals surface area contributed by atoms with Crippen molar-refractivity contribution in [3.05, 3.63) is 11.6 Å². The van der Waals surface area contributed by atoms with Gasteiger partial charge in [0.05, 0.1) is 0 Å². The van der Waals surface area contributed by atoms with Gasteiger partial charge < -0.3 is 0 Å². The van der Waals surface area contributed by atoms with Crippen molar-refractivity contribution < 1.29 is 4.79 Å². The molecule has 2 rings (SSSR count). The van der Waals surface area contributed by atoms with E-state index in [4.69, 9.17) is 11.6 Å². The molecule has 2 atom stereocenters. The molecule has 2 nitrogen and oxygen atoms in total. The first kappa shape index (κ1) is 12.1. The van der Waals surface area contributed by atoms with Crippen LogP contribution in [0.3, 0.4) is 0 Å². The van der Waals surface area contributed by atoms with Gasteiger partial charge in [-0.2, -0.15) is 0 Å². The lowest BCUT2D eigenvalue weighted by Crippen LogP contribution is -2.41. The highest BCUT2D eigenvalue weighted by Crippen LogP contribution is 2.32. The largest absolute Gasteiger partial charge is 0.299 e. The molecular weight excluding hydrogens is 222 g/mol. The van der Waals surface area contributed by atoms with Gasteiger partial charge in [-0.15, -0.1) is 0 Å². The number of likely N-dealkylation sites (tertiary alicyclic amines) is 1. The molecule has 2 unspecified atom stereocenters. The molecule has 0 aromatic heterocycles. The Labute approximate surface area is 103 Å². The molecule has 1 heterocycles. The molecule has 3 heteroatoms. The Morgan fingerprint density at radius 3 is 2.88 bits per heavy atom. The summed E-state index contributed by atoms with van der Waals surface area (Å²) >= 11 is 5.88. The average molecular weight is 242 g/mol. The van der Waals surface area contributed by atoms with E-state index >= 15 is 0 Å². The van der Waals surface area contributed by atoms with Crippen molar-refractivity contribution in [1.82, 2.24) is 4.90 Å². The third-order valence-corrected chi connectivity index (χ3v) is 3.97. The molecule has 16 heavy (non-hydrogen) atoms. The monoisotopic (exact) mass is 241 g/mol. The molecule has 2 aliphatic rings. The zero-order chi connectivity index (χ0) is 11.5. The SMILES string of the molecule is C=C(Cl)CN1CCCC1C1CCCCC1=O. The van der Waals surface area contributed by atoms with Gasteiger partial charge in [-0.1, -0.05) is 24.6 Å². The van der Waals surface area contributed by atoms with Crippen LogP contribution in [0.5, 0.6) is 0 Å². The number of carbonyl (C=O) groups excluding carboxylic acids is 1. The summed E-state index contributed by atoms with van der Waals surface area (Å²) < 4.78 is 0. The van der Waals surface area contributed by atoms with Gasteiger partial charge in [-0.25, -0.2) is 0 Å². The topological polar surface area (TPSA) is 20.3 Å². The van der Waals surface area contributed by atoms with Gasteiger partial charge in [0.15, 0.2) is 0 Å². The molecule has 1 saturated carbocycles. The van der Waals surface area contributed by atoms with Gasteiger partial charge in [-0.3, -0.25) is 9.69 Å². The van der Waals surface area contributed by atoms with Crippen molar-refractivity contribution >= 4 is 17.4 Å². The van der Waals surface area contributed by atoms with Crippen LogP contribution in [-0.4, -0.2) is 29.8 Å². The summed E-state index contributed by atoms with van der Waals surface area (Å²) in [5.74, 6) is 0.746. The molecule has 0 aromatic carbocycles. The van der Waals surface area contributed by atoms with Gasteiger partial charge in [0.1, 0.15) is 5.78 Å². The lowest BCUT2D eigenvalue weighted by atomic mass is 9.82. The van der Waals surface area contributed by atoms with Crippen LogP contribution in [0, 0.1) is 5.92 Å². The highest BCUT2D eigenvalue weighted by Gasteiger charge is 2.36. The predicted octanol–water partition coefficient (Wildman–Crippen LogP) is 2.96. The van der Waals surface area contributed by atoms with Crippen molar-refractivity contribution in [3.8, 4) is 0 Å². The van der Waals surface area contributed by atoms with E-state index in [2.05, 4.69) is 11.5 Å². The third-order valence-electron chi connectivity index (χ3n) is 3.86. The first-order valence-electron chi connectivity index (χ1n) is 6.28. The summed E-state index contributed by atoms with van der Waals surface area (Å²) in [6.07, 6.45) is 6.51. The van der Waals surface area contributed by atoms with Gasteiger partial charge in [-0.05, 0) is 32.2 Å². The second-order valence-electron chi connectivity index (χ2n) is 5.02. The normalized spacial score (nSPS) is 31.9. The van der Waals surface area contributed by atoms with Gasteiger partial charge in [0.25, 0.3) is 0 Å². The quantitative estimate of drug-likeness (QED) is 0.757. The molecule has 0 aromatic rings. The molecule has 0 spiro atoms. The smallest absolute Gasteiger partial charge is 0.137 e. The van der Waals surface area contributed by atoms with E-state index in [9.17, 15) is 4.79 Å². The minimum Gasteiger partial charge on any atom is -0.299 e. The van der Waals surface area contributed by atoms with E-state index in [-0.39, 0.29) is 5.92 Å². The van der Waals surface area contributed by atoms with Gasteiger partial charge in [0.2, 0.25) is 0 Å². The number of rotatable bonds is 3. The van der Waals surface area contributed by atoms with Crippen LogP contribution >= 0.6 is 11.6 Å². The first-order chi connectivity index (χ1) is 7.68. The van der Waals surface area contributed by atoms with E-state index < -0.39 is 0 Å². The van der Waals surface area contributed by atoms with E-state index in [0.29, 0.717) is 16.9 Å². The molecule has 0 bridgehead atoms. The molecule has 90 valence electrons. The summed E-state index contributed by atoms with van der Waals surface area (Å²) in [5, 5.41) is 0.690. The lowest BCUT2D eigenvalue weighted by Gasteiger charge is -2.32. The van der Waals surface area contributed by atoms with Crippen LogP contribution in [0.2, 0.25) is 0 Å². The predicted molar refractivity (Wildman–Crippen MR) is 66.6 cm³/mol. The Bertz CT molecular complexity index is 290. The maximum absolute atomic E-state index is 11.9. The number of carbonyl (C=O) groups is 1. The summed E-state index contributed by atoms with van der Waals surface area (Å²) in [6.45, 7) is 5.57. The standard InChI is InChI=1S/C13H20ClNO/c1-10(14)9-15-8-4-6-12(15)11-5-2-3-7-13(11)16/h11-12H,1-9H2. The van der Waals surface area contributed by atoms with Crippen LogP contribution in [-0.2, 0) is 4.79 Å². The van der Waals surface area contributed by atoms with Gasteiger partial charge in [0, 0.05) is 30.0 Å². The zero-order valence-electron chi connectivity index (χ0n) is 9.75. The Kier molecular flexibility index (Phi) is 4.04. The minimum atomic E-state index is 0.271. The van der Waals surface area contributed by atoms with E-state index in [1.807, 2.05) is 0 Å². The molecule has 0 amide bonds. The highest BCUT2D eigenvalue weighted by molar-refractivity contribution is 6.29. The molecule has 2 fully saturated rings. The molecule has 0 radical (unpaired) electrons. The Morgan fingerprint density at radius 1 is 1.38 bits per heavy atom. The lowest BCUT2D eigenvalue weighted by molar-refractivity contribution is -0.126. The number of nitrogens with zero attached hydrogens (tertiary/aromatic N) is 1.